The molecule has 114 valence electrons. The molecule has 0 radical (unpaired) electrons. The van der Waals surface area contributed by atoms with Gasteiger partial charge in [-0.2, -0.15) is 0 Å². The van der Waals surface area contributed by atoms with Gasteiger partial charge in [0.15, 0.2) is 5.11 Å². The molecule has 1 saturated heterocycles. The Labute approximate surface area is 133 Å². The maximum atomic E-state index is 12.2. The molecule has 0 unspecified atom stereocenters. The topological polar surface area (TPSA) is 69.7 Å². The first-order valence-electron chi connectivity index (χ1n) is 6.50. The molecule has 1 aromatic carbocycles. The fourth-order valence-corrected chi connectivity index (χ4v) is 2.17. The van der Waals surface area contributed by atoms with Crippen molar-refractivity contribution in [2.75, 3.05) is 19.4 Å². The zero-order valence-corrected chi connectivity index (χ0v) is 13.2. The molecule has 1 aliphatic rings. The Morgan fingerprint density at radius 2 is 1.59 bits per heavy atom. The second kappa shape index (κ2) is 6.07. The zero-order valence-electron chi connectivity index (χ0n) is 12.4. The van der Waals surface area contributed by atoms with Gasteiger partial charge < -0.3 is 5.32 Å². The smallest absolute Gasteiger partial charge is 0.265 e. The number of likely N-dealkylation sites (N-methyl/N-ethyl adjacent to an activating group) is 2. The fourth-order valence-electron chi connectivity index (χ4n) is 2.01. The van der Waals surface area contributed by atoms with Crippen molar-refractivity contribution < 1.29 is 14.4 Å². The Kier molecular flexibility index (Phi) is 4.37. The molecular weight excluding hydrogens is 302 g/mol. The van der Waals surface area contributed by atoms with Gasteiger partial charge in [0.1, 0.15) is 5.57 Å². The van der Waals surface area contributed by atoms with Crippen molar-refractivity contribution >= 4 is 46.8 Å². The summed E-state index contributed by atoms with van der Waals surface area (Å²) in [6.45, 7) is 1.42. The molecule has 1 fully saturated rings. The van der Waals surface area contributed by atoms with Gasteiger partial charge in [-0.15, -0.1) is 0 Å². The molecular formula is C15H15N3O3S. The van der Waals surface area contributed by atoms with Crippen LogP contribution in [0.15, 0.2) is 29.8 Å². The van der Waals surface area contributed by atoms with Gasteiger partial charge in [-0.25, -0.2) is 0 Å². The molecule has 1 N–H and O–H groups in total. The SMILES string of the molecule is CC(=O)Nc1ccc(C=C2C(=O)N(C)C(=S)N(C)C2=O)cc1. The van der Waals surface area contributed by atoms with Gasteiger partial charge in [0.25, 0.3) is 11.8 Å². The van der Waals surface area contributed by atoms with Crippen molar-refractivity contribution in [1.82, 2.24) is 9.80 Å². The average Bonchev–Trinajstić information content (AvgIpc) is 2.49. The number of anilines is 1. The number of nitrogens with one attached hydrogen (secondary N) is 1. The molecule has 0 aliphatic carbocycles. The summed E-state index contributed by atoms with van der Waals surface area (Å²) >= 11 is 5.02. The Morgan fingerprint density at radius 1 is 1.09 bits per heavy atom. The largest absolute Gasteiger partial charge is 0.326 e. The molecule has 0 saturated carbocycles. The van der Waals surface area contributed by atoms with Crippen LogP contribution < -0.4 is 5.32 Å². The van der Waals surface area contributed by atoms with Crippen LogP contribution in [0.1, 0.15) is 12.5 Å². The number of thiocarbonyl (C=S) groups is 1. The van der Waals surface area contributed by atoms with Gasteiger partial charge in [0, 0.05) is 26.7 Å². The van der Waals surface area contributed by atoms with Gasteiger partial charge >= 0.3 is 0 Å². The van der Waals surface area contributed by atoms with E-state index in [4.69, 9.17) is 12.2 Å². The molecule has 3 amide bonds. The highest BCUT2D eigenvalue weighted by Gasteiger charge is 2.35. The summed E-state index contributed by atoms with van der Waals surface area (Å²) in [5, 5.41) is 2.82. The molecule has 0 spiro atoms. The standard InChI is InChI=1S/C15H15N3O3S/c1-9(19)16-11-6-4-10(5-7-11)8-12-13(20)17(2)15(22)18(3)14(12)21/h4-8H,1-3H3,(H,16,19). The van der Waals surface area contributed by atoms with Crippen LogP contribution in [0.2, 0.25) is 0 Å². The molecule has 6 nitrogen and oxygen atoms in total. The highest BCUT2D eigenvalue weighted by atomic mass is 32.1. The summed E-state index contributed by atoms with van der Waals surface area (Å²) in [6.07, 6.45) is 1.51. The maximum absolute atomic E-state index is 12.2. The van der Waals surface area contributed by atoms with E-state index in [1.165, 1.54) is 36.9 Å². The summed E-state index contributed by atoms with van der Waals surface area (Å²) < 4.78 is 0. The minimum atomic E-state index is -0.431. The molecule has 1 heterocycles. The van der Waals surface area contributed by atoms with Crippen LogP contribution in [0.5, 0.6) is 0 Å². The summed E-state index contributed by atoms with van der Waals surface area (Å²) in [5.74, 6) is -1.03. The number of amides is 3. The third kappa shape index (κ3) is 3.04. The number of hydrogen-bond donors (Lipinski definition) is 1. The van der Waals surface area contributed by atoms with Crippen LogP contribution in [0.25, 0.3) is 6.08 Å². The summed E-state index contributed by atoms with van der Waals surface area (Å²) in [6, 6.07) is 6.82. The van der Waals surface area contributed by atoms with Crippen molar-refractivity contribution in [1.29, 1.82) is 0 Å². The first-order valence-corrected chi connectivity index (χ1v) is 6.91. The van der Waals surface area contributed by atoms with Crippen LogP contribution in [0, 0.1) is 0 Å². The molecule has 7 heteroatoms. The Balaban J connectivity index is 2.31. The van der Waals surface area contributed by atoms with Crippen molar-refractivity contribution in [3.8, 4) is 0 Å². The Bertz CT molecular complexity index is 668. The van der Waals surface area contributed by atoms with E-state index in [1.54, 1.807) is 24.3 Å². The zero-order chi connectivity index (χ0) is 16.4. The lowest BCUT2D eigenvalue weighted by Crippen LogP contribution is -2.52. The van der Waals surface area contributed by atoms with Crippen LogP contribution in [-0.4, -0.2) is 46.7 Å². The number of rotatable bonds is 2. The molecule has 0 bridgehead atoms. The van der Waals surface area contributed by atoms with Crippen molar-refractivity contribution in [2.45, 2.75) is 6.92 Å². The van der Waals surface area contributed by atoms with Crippen LogP contribution in [-0.2, 0) is 14.4 Å². The van der Waals surface area contributed by atoms with Crippen molar-refractivity contribution in [3.05, 3.63) is 35.4 Å². The quantitative estimate of drug-likeness (QED) is 0.506. The molecule has 22 heavy (non-hydrogen) atoms. The monoisotopic (exact) mass is 317 g/mol. The lowest BCUT2D eigenvalue weighted by atomic mass is 10.1. The molecule has 0 atom stereocenters. The summed E-state index contributed by atoms with van der Waals surface area (Å²) in [5.41, 5.74) is 1.37. The summed E-state index contributed by atoms with van der Waals surface area (Å²) in [4.78, 5) is 37.8. The average molecular weight is 317 g/mol. The molecule has 2 rings (SSSR count). The normalized spacial score (nSPS) is 15.2. The van der Waals surface area contributed by atoms with Crippen molar-refractivity contribution in [3.63, 3.8) is 0 Å². The second-order valence-electron chi connectivity index (χ2n) is 4.87. The Morgan fingerprint density at radius 3 is 2.05 bits per heavy atom. The van der Waals surface area contributed by atoms with E-state index in [-0.39, 0.29) is 16.6 Å². The Hall–Kier alpha value is -2.54. The lowest BCUT2D eigenvalue weighted by molar-refractivity contribution is -0.132. The minimum absolute atomic E-state index is 0.0471. The maximum Gasteiger partial charge on any atom is 0.265 e. The van der Waals surface area contributed by atoms with Gasteiger partial charge in [-0.05, 0) is 36.0 Å². The van der Waals surface area contributed by atoms with Gasteiger partial charge in [-0.1, -0.05) is 12.1 Å². The first kappa shape index (κ1) is 15.8. The van der Waals surface area contributed by atoms with Crippen molar-refractivity contribution in [2.24, 2.45) is 0 Å². The highest BCUT2D eigenvalue weighted by Crippen LogP contribution is 2.19. The first-order chi connectivity index (χ1) is 10.3. The van der Waals surface area contributed by atoms with E-state index in [1.807, 2.05) is 0 Å². The number of hydrogen-bond acceptors (Lipinski definition) is 4. The van der Waals surface area contributed by atoms with E-state index < -0.39 is 11.8 Å². The minimum Gasteiger partial charge on any atom is -0.326 e. The van der Waals surface area contributed by atoms with E-state index in [0.29, 0.717) is 11.3 Å². The number of carbonyl (C=O) groups excluding carboxylic acids is 3. The van der Waals surface area contributed by atoms with Gasteiger partial charge in [0.2, 0.25) is 5.91 Å². The van der Waals surface area contributed by atoms with E-state index in [9.17, 15) is 14.4 Å². The van der Waals surface area contributed by atoms with E-state index >= 15 is 0 Å². The number of carbonyl (C=O) groups is 3. The molecule has 1 aromatic rings. The summed E-state index contributed by atoms with van der Waals surface area (Å²) in [7, 11) is 3.06. The van der Waals surface area contributed by atoms with Gasteiger partial charge in [0.05, 0.1) is 0 Å². The van der Waals surface area contributed by atoms with E-state index in [2.05, 4.69) is 5.32 Å². The highest BCUT2D eigenvalue weighted by molar-refractivity contribution is 7.80. The molecule has 1 aliphatic heterocycles. The predicted octanol–water partition coefficient (Wildman–Crippen LogP) is 1.24. The fraction of sp³-hybridized carbons (Fsp3) is 0.200. The number of nitrogens with zero attached hydrogens (tertiary/aromatic N) is 2. The van der Waals surface area contributed by atoms with Crippen LogP contribution in [0.4, 0.5) is 5.69 Å². The van der Waals surface area contributed by atoms with Crippen LogP contribution >= 0.6 is 12.2 Å². The third-order valence-corrected chi connectivity index (χ3v) is 3.73. The van der Waals surface area contributed by atoms with Crippen LogP contribution in [0.3, 0.4) is 0 Å². The second-order valence-corrected chi connectivity index (χ2v) is 5.24. The van der Waals surface area contributed by atoms with E-state index in [0.717, 1.165) is 0 Å². The third-order valence-electron chi connectivity index (χ3n) is 3.19. The predicted molar refractivity (Wildman–Crippen MR) is 86.9 cm³/mol. The molecule has 0 aromatic heterocycles. The van der Waals surface area contributed by atoms with Gasteiger partial charge in [-0.3, -0.25) is 24.2 Å². The lowest BCUT2D eigenvalue weighted by Gasteiger charge is -2.31. The number of benzene rings is 1.